The molecule has 1 aromatic heterocycles. The maximum Gasteiger partial charge on any atom is 0.352 e. The van der Waals surface area contributed by atoms with E-state index >= 15 is 0 Å². The summed E-state index contributed by atoms with van der Waals surface area (Å²) in [6.07, 6.45) is 1.71. The number of carboxylic acid groups (broad SMARTS) is 1. The van der Waals surface area contributed by atoms with Gasteiger partial charge in [-0.05, 0) is 17.7 Å². The van der Waals surface area contributed by atoms with Gasteiger partial charge in [0.15, 0.2) is 0 Å². The van der Waals surface area contributed by atoms with Gasteiger partial charge in [-0.15, -0.1) is 0 Å². The SMILES string of the molecule is C=Cc1cccc2[nH]c(C(=O)O)cc12. The van der Waals surface area contributed by atoms with Gasteiger partial charge in [0.2, 0.25) is 0 Å². The fourth-order valence-corrected chi connectivity index (χ4v) is 1.47. The summed E-state index contributed by atoms with van der Waals surface area (Å²) in [6, 6.07) is 7.22. The molecule has 0 atom stereocenters. The minimum atomic E-state index is -0.948. The molecule has 2 N–H and O–H groups in total. The van der Waals surface area contributed by atoms with Crippen molar-refractivity contribution in [1.82, 2.24) is 4.98 Å². The third-order valence-electron chi connectivity index (χ3n) is 2.15. The lowest BCUT2D eigenvalue weighted by atomic mass is 10.1. The summed E-state index contributed by atoms with van der Waals surface area (Å²) < 4.78 is 0. The average molecular weight is 187 g/mol. The third kappa shape index (κ3) is 1.19. The Hall–Kier alpha value is -2.03. The second-order valence-electron chi connectivity index (χ2n) is 3.00. The number of H-pyrrole nitrogens is 1. The molecule has 1 aromatic carbocycles. The van der Waals surface area contributed by atoms with E-state index in [1.165, 1.54) is 0 Å². The second kappa shape index (κ2) is 3.03. The van der Waals surface area contributed by atoms with Gasteiger partial charge in [-0.2, -0.15) is 0 Å². The van der Waals surface area contributed by atoms with Crippen molar-refractivity contribution in [2.75, 3.05) is 0 Å². The van der Waals surface area contributed by atoms with E-state index in [-0.39, 0.29) is 5.69 Å². The van der Waals surface area contributed by atoms with Crippen molar-refractivity contribution in [1.29, 1.82) is 0 Å². The molecule has 3 heteroatoms. The Morgan fingerprint density at radius 1 is 1.50 bits per heavy atom. The van der Waals surface area contributed by atoms with Gasteiger partial charge in [0.05, 0.1) is 0 Å². The van der Waals surface area contributed by atoms with Gasteiger partial charge >= 0.3 is 5.97 Å². The number of carbonyl (C=O) groups is 1. The zero-order valence-electron chi connectivity index (χ0n) is 7.45. The van der Waals surface area contributed by atoms with Crippen LogP contribution < -0.4 is 0 Å². The lowest BCUT2D eigenvalue weighted by Gasteiger charge is -1.93. The largest absolute Gasteiger partial charge is 0.477 e. The quantitative estimate of drug-likeness (QED) is 0.758. The summed E-state index contributed by atoms with van der Waals surface area (Å²) in [5.41, 5.74) is 1.96. The second-order valence-corrected chi connectivity index (χ2v) is 3.00. The highest BCUT2D eigenvalue weighted by molar-refractivity contribution is 5.97. The first kappa shape index (κ1) is 8.56. The Labute approximate surface area is 80.7 Å². The molecule has 0 unspecified atom stereocenters. The molecule has 0 saturated heterocycles. The van der Waals surface area contributed by atoms with E-state index in [1.807, 2.05) is 18.2 Å². The first-order valence-corrected chi connectivity index (χ1v) is 4.20. The number of aromatic amines is 1. The van der Waals surface area contributed by atoms with Crippen molar-refractivity contribution in [2.45, 2.75) is 0 Å². The van der Waals surface area contributed by atoms with Crippen LogP contribution in [0.2, 0.25) is 0 Å². The molecule has 0 bridgehead atoms. The summed E-state index contributed by atoms with van der Waals surface area (Å²) >= 11 is 0. The molecule has 0 amide bonds. The van der Waals surface area contributed by atoms with Crippen LogP contribution >= 0.6 is 0 Å². The fourth-order valence-electron chi connectivity index (χ4n) is 1.47. The molecule has 3 nitrogen and oxygen atoms in total. The van der Waals surface area contributed by atoms with Gasteiger partial charge < -0.3 is 10.1 Å². The molecule has 2 rings (SSSR count). The van der Waals surface area contributed by atoms with Crippen molar-refractivity contribution in [3.05, 3.63) is 42.1 Å². The highest BCUT2D eigenvalue weighted by atomic mass is 16.4. The van der Waals surface area contributed by atoms with Gasteiger partial charge in [-0.1, -0.05) is 24.8 Å². The Morgan fingerprint density at radius 3 is 2.93 bits per heavy atom. The molecule has 1 heterocycles. The molecule has 2 aromatic rings. The summed E-state index contributed by atoms with van der Waals surface area (Å²) in [4.78, 5) is 13.5. The molecule has 0 saturated carbocycles. The number of hydrogen-bond acceptors (Lipinski definition) is 1. The number of hydrogen-bond donors (Lipinski definition) is 2. The number of rotatable bonds is 2. The summed E-state index contributed by atoms with van der Waals surface area (Å²) in [5, 5.41) is 9.68. The molecule has 0 fully saturated rings. The maximum atomic E-state index is 10.7. The topological polar surface area (TPSA) is 53.1 Å². The minimum Gasteiger partial charge on any atom is -0.477 e. The van der Waals surface area contributed by atoms with E-state index in [4.69, 9.17) is 5.11 Å². The van der Waals surface area contributed by atoms with Crippen LogP contribution in [-0.4, -0.2) is 16.1 Å². The minimum absolute atomic E-state index is 0.203. The van der Waals surface area contributed by atoms with Crippen LogP contribution in [0.5, 0.6) is 0 Å². The van der Waals surface area contributed by atoms with Crippen LogP contribution in [0.25, 0.3) is 17.0 Å². The number of aromatic nitrogens is 1. The zero-order chi connectivity index (χ0) is 10.1. The predicted octanol–water partition coefficient (Wildman–Crippen LogP) is 2.51. The van der Waals surface area contributed by atoms with Crippen LogP contribution in [0, 0.1) is 0 Å². The van der Waals surface area contributed by atoms with E-state index < -0.39 is 5.97 Å². The maximum absolute atomic E-state index is 10.7. The van der Waals surface area contributed by atoms with Crippen molar-refractivity contribution >= 4 is 22.9 Å². The van der Waals surface area contributed by atoms with Gasteiger partial charge in [0.1, 0.15) is 5.69 Å². The van der Waals surface area contributed by atoms with E-state index in [0.717, 1.165) is 16.5 Å². The third-order valence-corrected chi connectivity index (χ3v) is 2.15. The first-order valence-electron chi connectivity index (χ1n) is 4.20. The smallest absolute Gasteiger partial charge is 0.352 e. The van der Waals surface area contributed by atoms with Gasteiger partial charge in [-0.25, -0.2) is 4.79 Å². The number of aromatic carboxylic acids is 1. The number of nitrogens with one attached hydrogen (secondary N) is 1. The molecule has 0 aliphatic carbocycles. The average Bonchev–Trinajstić information content (AvgIpc) is 2.60. The van der Waals surface area contributed by atoms with Crippen LogP contribution in [-0.2, 0) is 0 Å². The van der Waals surface area contributed by atoms with E-state index in [1.54, 1.807) is 12.1 Å². The van der Waals surface area contributed by atoms with Crippen molar-refractivity contribution in [3.63, 3.8) is 0 Å². The first-order chi connectivity index (χ1) is 6.72. The number of benzene rings is 1. The normalized spacial score (nSPS) is 10.3. The lowest BCUT2D eigenvalue weighted by Crippen LogP contribution is -1.94. The van der Waals surface area contributed by atoms with Gasteiger partial charge in [0.25, 0.3) is 0 Å². The standard InChI is InChI=1S/C11H9NO2/c1-2-7-4-3-5-9-8(7)6-10(12-9)11(13)14/h2-6,12H,1H2,(H,13,14). The van der Waals surface area contributed by atoms with Gasteiger partial charge in [-0.3, -0.25) is 0 Å². The molecule has 14 heavy (non-hydrogen) atoms. The highest BCUT2D eigenvalue weighted by Crippen LogP contribution is 2.20. The number of carboxylic acids is 1. The predicted molar refractivity (Wildman–Crippen MR) is 55.3 cm³/mol. The van der Waals surface area contributed by atoms with Crippen LogP contribution in [0.1, 0.15) is 16.1 Å². The summed E-state index contributed by atoms with van der Waals surface area (Å²) in [7, 11) is 0. The van der Waals surface area contributed by atoms with Gasteiger partial charge in [0, 0.05) is 10.9 Å². The zero-order valence-corrected chi connectivity index (χ0v) is 7.45. The fraction of sp³-hybridized carbons (Fsp3) is 0. The van der Waals surface area contributed by atoms with E-state index in [2.05, 4.69) is 11.6 Å². The Balaban J connectivity index is 2.76. The van der Waals surface area contributed by atoms with Crippen molar-refractivity contribution in [2.24, 2.45) is 0 Å². The monoisotopic (exact) mass is 187 g/mol. The Morgan fingerprint density at radius 2 is 2.29 bits per heavy atom. The summed E-state index contributed by atoms with van der Waals surface area (Å²) in [5.74, 6) is -0.948. The van der Waals surface area contributed by atoms with Crippen LogP contribution in [0.4, 0.5) is 0 Å². The highest BCUT2D eigenvalue weighted by Gasteiger charge is 2.08. The van der Waals surface area contributed by atoms with E-state index in [0.29, 0.717) is 0 Å². The van der Waals surface area contributed by atoms with Crippen LogP contribution in [0.3, 0.4) is 0 Å². The van der Waals surface area contributed by atoms with Crippen molar-refractivity contribution < 1.29 is 9.90 Å². The molecular formula is C11H9NO2. The molecule has 0 aliphatic rings. The lowest BCUT2D eigenvalue weighted by molar-refractivity contribution is 0.0691. The van der Waals surface area contributed by atoms with Crippen molar-refractivity contribution in [3.8, 4) is 0 Å². The molecule has 0 radical (unpaired) electrons. The van der Waals surface area contributed by atoms with Crippen LogP contribution in [0.15, 0.2) is 30.8 Å². The molecular weight excluding hydrogens is 178 g/mol. The number of fused-ring (bicyclic) bond motifs is 1. The molecule has 70 valence electrons. The summed E-state index contributed by atoms with van der Waals surface area (Å²) in [6.45, 7) is 3.67. The molecule has 0 spiro atoms. The Bertz CT molecular complexity index is 511. The van der Waals surface area contributed by atoms with E-state index in [9.17, 15) is 4.79 Å². The molecule has 0 aliphatic heterocycles. The Kier molecular flexibility index (Phi) is 1.85.